The van der Waals surface area contributed by atoms with Crippen molar-refractivity contribution in [1.82, 2.24) is 35.1 Å². The lowest BCUT2D eigenvalue weighted by Crippen LogP contribution is -2.36. The van der Waals surface area contributed by atoms with Crippen LogP contribution in [0, 0.1) is 5.82 Å². The number of hydrogen-bond acceptors (Lipinski definition) is 10. The normalized spacial score (nSPS) is 14.9. The van der Waals surface area contributed by atoms with Gasteiger partial charge < -0.3 is 29.5 Å². The lowest BCUT2D eigenvalue weighted by Gasteiger charge is -2.24. The van der Waals surface area contributed by atoms with E-state index in [0.717, 1.165) is 16.9 Å². The molecule has 0 saturated carbocycles. The van der Waals surface area contributed by atoms with Crippen molar-refractivity contribution in [2.24, 2.45) is 0 Å². The number of aromatic nitrogens is 5. The SMILES string of the molecule is COc1ccc(Cn2nc(N[C@@H]3CCN(C(=O)OC(C)(C)C)C3)c3c(-c4ccc(CNC(=O)c5noc(C(C)(C)C)n5)c(F)c4)ccnc32)cc1. The Morgan fingerprint density at radius 2 is 1.82 bits per heavy atom. The zero-order valence-corrected chi connectivity index (χ0v) is 29.9. The minimum atomic E-state index is -0.597. The molecule has 5 aromatic rings. The van der Waals surface area contributed by atoms with Crippen LogP contribution < -0.4 is 15.4 Å². The van der Waals surface area contributed by atoms with Gasteiger partial charge in [0.2, 0.25) is 5.89 Å². The van der Waals surface area contributed by atoms with E-state index >= 15 is 4.39 Å². The predicted molar refractivity (Wildman–Crippen MR) is 189 cm³/mol. The van der Waals surface area contributed by atoms with Gasteiger partial charge in [-0.05, 0) is 68.1 Å². The Kier molecular flexibility index (Phi) is 9.69. The van der Waals surface area contributed by atoms with Gasteiger partial charge in [-0.3, -0.25) is 4.79 Å². The molecule has 2 aromatic carbocycles. The van der Waals surface area contributed by atoms with E-state index in [-0.39, 0.29) is 24.5 Å². The Hall–Kier alpha value is -5.53. The summed E-state index contributed by atoms with van der Waals surface area (Å²) in [5.41, 5.74) is 2.21. The van der Waals surface area contributed by atoms with Gasteiger partial charge in [-0.25, -0.2) is 18.9 Å². The molecular weight excluding hydrogens is 655 g/mol. The van der Waals surface area contributed by atoms with Crippen LogP contribution in [0.5, 0.6) is 5.75 Å². The molecule has 268 valence electrons. The second kappa shape index (κ2) is 14.0. The van der Waals surface area contributed by atoms with E-state index in [2.05, 4.69) is 20.8 Å². The number of pyridine rings is 1. The number of carbonyl (C=O) groups is 2. The minimum Gasteiger partial charge on any atom is -0.497 e. The van der Waals surface area contributed by atoms with Crippen LogP contribution in [0.3, 0.4) is 0 Å². The van der Waals surface area contributed by atoms with Crippen LogP contribution in [-0.4, -0.2) is 73.6 Å². The van der Waals surface area contributed by atoms with Gasteiger partial charge in [-0.15, -0.1) is 0 Å². The lowest BCUT2D eigenvalue weighted by molar-refractivity contribution is 0.0293. The predicted octanol–water partition coefficient (Wildman–Crippen LogP) is 6.33. The summed E-state index contributed by atoms with van der Waals surface area (Å²) < 4.78 is 33.6. The zero-order chi connectivity index (χ0) is 36.5. The number of nitrogens with one attached hydrogen (secondary N) is 2. The summed E-state index contributed by atoms with van der Waals surface area (Å²) >= 11 is 0. The van der Waals surface area contributed by atoms with Gasteiger partial charge in [-0.2, -0.15) is 10.1 Å². The van der Waals surface area contributed by atoms with Crippen molar-refractivity contribution in [2.45, 2.75) is 78.1 Å². The third kappa shape index (κ3) is 8.11. The minimum absolute atomic E-state index is 0.0709. The highest BCUT2D eigenvalue weighted by Crippen LogP contribution is 2.35. The summed E-state index contributed by atoms with van der Waals surface area (Å²) in [6, 6.07) is 14.3. The molecule has 3 aromatic heterocycles. The molecule has 14 heteroatoms. The Labute approximate surface area is 295 Å². The number of fused-ring (bicyclic) bond motifs is 1. The summed E-state index contributed by atoms with van der Waals surface area (Å²) in [6.45, 7) is 12.6. The van der Waals surface area contributed by atoms with Crippen LogP contribution in [0.15, 0.2) is 59.3 Å². The molecule has 1 saturated heterocycles. The van der Waals surface area contributed by atoms with E-state index < -0.39 is 22.7 Å². The van der Waals surface area contributed by atoms with Crippen molar-refractivity contribution < 1.29 is 28.0 Å². The molecule has 0 aliphatic carbocycles. The van der Waals surface area contributed by atoms with Crippen LogP contribution in [-0.2, 0) is 23.2 Å². The second-order valence-corrected chi connectivity index (χ2v) is 14.6. The van der Waals surface area contributed by atoms with Gasteiger partial charge in [0.25, 0.3) is 11.7 Å². The van der Waals surface area contributed by atoms with E-state index in [1.165, 1.54) is 6.07 Å². The largest absolute Gasteiger partial charge is 0.497 e. The Balaban J connectivity index is 1.27. The van der Waals surface area contributed by atoms with Crippen LogP contribution in [0.4, 0.5) is 15.0 Å². The third-order valence-electron chi connectivity index (χ3n) is 8.38. The number of ether oxygens (including phenoxy) is 2. The summed E-state index contributed by atoms with van der Waals surface area (Å²) in [4.78, 5) is 36.0. The van der Waals surface area contributed by atoms with Gasteiger partial charge in [0.05, 0.1) is 19.0 Å². The number of hydrogen-bond donors (Lipinski definition) is 2. The summed E-state index contributed by atoms with van der Waals surface area (Å²) in [5, 5.41) is 15.7. The van der Waals surface area contributed by atoms with Gasteiger partial charge in [0.15, 0.2) is 11.5 Å². The van der Waals surface area contributed by atoms with Crippen LogP contribution >= 0.6 is 0 Å². The monoisotopic (exact) mass is 698 g/mol. The first-order chi connectivity index (χ1) is 24.2. The first kappa shape index (κ1) is 35.3. The number of benzene rings is 2. The Morgan fingerprint density at radius 1 is 1.06 bits per heavy atom. The average Bonchev–Trinajstić information content (AvgIpc) is 3.84. The van der Waals surface area contributed by atoms with Gasteiger partial charge in [0.1, 0.15) is 17.2 Å². The molecular formula is C37H43FN8O5. The van der Waals surface area contributed by atoms with Crippen molar-refractivity contribution in [3.05, 3.63) is 83.4 Å². The summed E-state index contributed by atoms with van der Waals surface area (Å²) in [6.07, 6.45) is 2.01. The molecule has 13 nitrogen and oxygen atoms in total. The Bertz CT molecular complexity index is 2040. The van der Waals surface area contributed by atoms with Crippen molar-refractivity contribution in [3.63, 3.8) is 0 Å². The van der Waals surface area contributed by atoms with Gasteiger partial charge in [0, 0.05) is 42.9 Å². The highest BCUT2D eigenvalue weighted by Gasteiger charge is 2.31. The molecule has 0 radical (unpaired) electrons. The quantitative estimate of drug-likeness (QED) is 0.179. The number of likely N-dealkylation sites (tertiary alicyclic amines) is 1. The number of nitrogens with zero attached hydrogens (tertiary/aromatic N) is 6. The maximum absolute atomic E-state index is 15.7. The highest BCUT2D eigenvalue weighted by molar-refractivity contribution is 6.01. The highest BCUT2D eigenvalue weighted by atomic mass is 19.1. The fraction of sp³-hybridized carbons (Fsp3) is 0.405. The molecule has 6 rings (SSSR count). The number of anilines is 1. The molecule has 2 amide bonds. The molecule has 0 unspecified atom stereocenters. The first-order valence-electron chi connectivity index (χ1n) is 16.8. The molecule has 0 bridgehead atoms. The molecule has 2 N–H and O–H groups in total. The summed E-state index contributed by atoms with van der Waals surface area (Å²) in [7, 11) is 1.62. The van der Waals surface area contributed by atoms with Crippen molar-refractivity contribution in [2.75, 3.05) is 25.5 Å². The molecule has 1 aliphatic rings. The molecule has 1 aliphatic heterocycles. The molecule has 1 fully saturated rings. The Morgan fingerprint density at radius 3 is 2.49 bits per heavy atom. The zero-order valence-electron chi connectivity index (χ0n) is 29.9. The topological polar surface area (TPSA) is 150 Å². The van der Waals surface area contributed by atoms with E-state index in [0.29, 0.717) is 59.9 Å². The van der Waals surface area contributed by atoms with E-state index in [1.54, 1.807) is 30.3 Å². The number of halogens is 1. The lowest BCUT2D eigenvalue weighted by atomic mass is 9.97. The average molecular weight is 699 g/mol. The molecule has 0 spiro atoms. The fourth-order valence-electron chi connectivity index (χ4n) is 5.75. The van der Waals surface area contributed by atoms with Crippen LogP contribution in [0.1, 0.15) is 75.6 Å². The van der Waals surface area contributed by atoms with Crippen molar-refractivity contribution in [1.29, 1.82) is 0 Å². The van der Waals surface area contributed by atoms with Crippen LogP contribution in [0.2, 0.25) is 0 Å². The number of rotatable bonds is 9. The number of carbonyl (C=O) groups excluding carboxylic acids is 2. The third-order valence-corrected chi connectivity index (χ3v) is 8.38. The maximum atomic E-state index is 15.7. The van der Waals surface area contributed by atoms with E-state index in [4.69, 9.17) is 24.1 Å². The maximum Gasteiger partial charge on any atom is 0.410 e. The van der Waals surface area contributed by atoms with E-state index in [9.17, 15) is 9.59 Å². The second-order valence-electron chi connectivity index (χ2n) is 14.6. The van der Waals surface area contributed by atoms with Gasteiger partial charge in [-0.1, -0.05) is 50.2 Å². The van der Waals surface area contributed by atoms with Crippen LogP contribution in [0.25, 0.3) is 22.2 Å². The molecule has 1 atom stereocenters. The first-order valence-corrected chi connectivity index (χ1v) is 16.8. The fourth-order valence-corrected chi connectivity index (χ4v) is 5.75. The standard InChI is InChI=1S/C37H43FN8O5/c1-36(2,3)34-42-31(44-51-34)33(47)40-19-24-11-10-23(18-28(24)38)27-14-16-39-32-29(27)30(43-46(32)20-22-8-12-26(49-7)13-9-22)41-25-15-17-45(21-25)35(48)50-37(4,5)6/h8-14,16,18,25H,15,17,19-21H2,1-7H3,(H,40,47)(H,41,43)/t25-/m1/s1. The van der Waals surface area contributed by atoms with E-state index in [1.807, 2.05) is 76.6 Å². The van der Waals surface area contributed by atoms with Crippen molar-refractivity contribution in [3.8, 4) is 16.9 Å². The summed E-state index contributed by atoms with van der Waals surface area (Å²) in [5.74, 6) is 0.484. The molecule has 4 heterocycles. The molecule has 51 heavy (non-hydrogen) atoms. The number of methoxy groups -OCH3 is 1. The smallest absolute Gasteiger partial charge is 0.410 e. The van der Waals surface area contributed by atoms with Crippen molar-refractivity contribution >= 4 is 28.9 Å². The number of amides is 2. The van der Waals surface area contributed by atoms with Gasteiger partial charge >= 0.3 is 6.09 Å².